The molecule has 1 aliphatic carbocycles. The molecule has 4 heteroatoms. The molecule has 0 radical (unpaired) electrons. The molecule has 1 N–H and O–H groups in total. The highest BCUT2D eigenvalue weighted by Crippen LogP contribution is 2.36. The summed E-state index contributed by atoms with van der Waals surface area (Å²) in [5.41, 5.74) is 4.14. The van der Waals surface area contributed by atoms with E-state index in [1.165, 1.54) is 6.07 Å². The normalized spacial score (nSPS) is 11.8. The van der Waals surface area contributed by atoms with Gasteiger partial charge in [-0.3, -0.25) is 9.59 Å². The number of carbonyl (C=O) groups is 2. The average Bonchev–Trinajstić information content (AvgIpc) is 2.91. The molecule has 0 fully saturated rings. The van der Waals surface area contributed by atoms with Gasteiger partial charge in [-0.2, -0.15) is 0 Å². The summed E-state index contributed by atoms with van der Waals surface area (Å²) >= 11 is 0. The summed E-state index contributed by atoms with van der Waals surface area (Å²) in [5.74, 6) is -0.839. The molecule has 0 saturated heterocycles. The molecular weight excluding hydrogens is 317 g/mol. The molecule has 3 nitrogen and oxygen atoms in total. The standard InChI is InChI=1S/C21H14FNO2/c1-12-6-8-14(11-19(12)22)23-21(25)13-7-9-16-15-4-2-3-5-17(15)20(24)18(16)10-13/h2-11H,1H3,(H,23,25). The quantitative estimate of drug-likeness (QED) is 0.583. The Bertz CT molecular complexity index is 1040. The van der Waals surface area contributed by atoms with Crippen molar-refractivity contribution in [3.05, 3.63) is 88.7 Å². The Morgan fingerprint density at radius 2 is 1.60 bits per heavy atom. The van der Waals surface area contributed by atoms with Gasteiger partial charge in [-0.25, -0.2) is 4.39 Å². The molecular formula is C21H14FNO2. The molecule has 0 unspecified atom stereocenters. The highest BCUT2D eigenvalue weighted by Gasteiger charge is 2.27. The van der Waals surface area contributed by atoms with Gasteiger partial charge < -0.3 is 5.32 Å². The smallest absolute Gasteiger partial charge is 0.255 e. The highest BCUT2D eigenvalue weighted by molar-refractivity contribution is 6.22. The second-order valence-electron chi connectivity index (χ2n) is 6.05. The van der Waals surface area contributed by atoms with E-state index in [-0.39, 0.29) is 17.5 Å². The first-order valence-electron chi connectivity index (χ1n) is 7.90. The van der Waals surface area contributed by atoms with E-state index in [9.17, 15) is 14.0 Å². The first-order chi connectivity index (χ1) is 12.0. The number of benzene rings is 3. The molecule has 0 bridgehead atoms. The molecule has 0 atom stereocenters. The van der Waals surface area contributed by atoms with Crippen molar-refractivity contribution in [1.29, 1.82) is 0 Å². The molecule has 1 amide bonds. The van der Waals surface area contributed by atoms with Crippen molar-refractivity contribution in [3.8, 4) is 11.1 Å². The van der Waals surface area contributed by atoms with E-state index in [1.807, 2.05) is 18.2 Å². The number of anilines is 1. The topological polar surface area (TPSA) is 46.2 Å². The lowest BCUT2D eigenvalue weighted by atomic mass is 10.0. The van der Waals surface area contributed by atoms with E-state index in [0.717, 1.165) is 11.1 Å². The van der Waals surface area contributed by atoms with E-state index in [4.69, 9.17) is 0 Å². The second kappa shape index (κ2) is 5.67. The van der Waals surface area contributed by atoms with Crippen LogP contribution in [-0.2, 0) is 0 Å². The maximum absolute atomic E-state index is 13.6. The fraction of sp³-hybridized carbons (Fsp3) is 0.0476. The van der Waals surface area contributed by atoms with Gasteiger partial charge in [0.15, 0.2) is 5.78 Å². The molecule has 0 saturated carbocycles. The van der Waals surface area contributed by atoms with E-state index in [1.54, 1.807) is 43.3 Å². The number of aryl methyl sites for hydroxylation is 1. The molecule has 1 aliphatic rings. The van der Waals surface area contributed by atoms with Crippen molar-refractivity contribution < 1.29 is 14.0 Å². The molecule has 4 rings (SSSR count). The third-order valence-electron chi connectivity index (χ3n) is 4.42. The number of ketones is 1. The fourth-order valence-corrected chi connectivity index (χ4v) is 3.04. The van der Waals surface area contributed by atoms with Gasteiger partial charge in [0.25, 0.3) is 5.91 Å². The van der Waals surface area contributed by atoms with E-state index in [2.05, 4.69) is 5.32 Å². The second-order valence-corrected chi connectivity index (χ2v) is 6.05. The Hall–Kier alpha value is -3.27. The van der Waals surface area contributed by atoms with Crippen LogP contribution in [0.15, 0.2) is 60.7 Å². The minimum atomic E-state index is -0.380. The lowest BCUT2D eigenvalue weighted by Crippen LogP contribution is -2.13. The van der Waals surface area contributed by atoms with E-state index in [0.29, 0.717) is 27.9 Å². The van der Waals surface area contributed by atoms with E-state index < -0.39 is 0 Å². The van der Waals surface area contributed by atoms with Gasteiger partial charge in [0, 0.05) is 22.4 Å². The van der Waals surface area contributed by atoms with Crippen LogP contribution in [0.25, 0.3) is 11.1 Å². The average molecular weight is 331 g/mol. The highest BCUT2D eigenvalue weighted by atomic mass is 19.1. The molecule has 3 aromatic rings. The third kappa shape index (κ3) is 2.52. The fourth-order valence-electron chi connectivity index (χ4n) is 3.04. The Kier molecular flexibility index (Phi) is 3.46. The Labute approximate surface area is 144 Å². The summed E-state index contributed by atoms with van der Waals surface area (Å²) in [6.07, 6.45) is 0. The van der Waals surface area contributed by atoms with Crippen LogP contribution in [0.5, 0.6) is 0 Å². The van der Waals surface area contributed by atoms with Crippen LogP contribution in [0, 0.1) is 12.7 Å². The van der Waals surface area contributed by atoms with E-state index >= 15 is 0 Å². The number of halogens is 1. The lowest BCUT2D eigenvalue weighted by Gasteiger charge is -2.08. The molecule has 0 aromatic heterocycles. The van der Waals surface area contributed by atoms with Crippen LogP contribution >= 0.6 is 0 Å². The predicted octanol–water partition coefficient (Wildman–Crippen LogP) is 4.60. The Morgan fingerprint density at radius 3 is 2.36 bits per heavy atom. The monoisotopic (exact) mass is 331 g/mol. The number of hydrogen-bond acceptors (Lipinski definition) is 2. The van der Waals surface area contributed by atoms with Crippen LogP contribution in [0.4, 0.5) is 10.1 Å². The van der Waals surface area contributed by atoms with Crippen molar-refractivity contribution in [2.75, 3.05) is 5.32 Å². The van der Waals surface area contributed by atoms with Gasteiger partial charge in [0.1, 0.15) is 5.82 Å². The SMILES string of the molecule is Cc1ccc(NC(=O)c2ccc3c(c2)C(=O)c2ccccc2-3)cc1F. The maximum atomic E-state index is 13.6. The first-order valence-corrected chi connectivity index (χ1v) is 7.90. The van der Waals surface area contributed by atoms with Crippen molar-refractivity contribution in [3.63, 3.8) is 0 Å². The number of amides is 1. The van der Waals surface area contributed by atoms with Crippen molar-refractivity contribution in [2.24, 2.45) is 0 Å². The Morgan fingerprint density at radius 1 is 0.880 bits per heavy atom. The number of fused-ring (bicyclic) bond motifs is 3. The maximum Gasteiger partial charge on any atom is 0.255 e. The van der Waals surface area contributed by atoms with Gasteiger partial charge in [-0.15, -0.1) is 0 Å². The zero-order chi connectivity index (χ0) is 17.6. The molecule has 0 spiro atoms. The van der Waals surface area contributed by atoms with Crippen LogP contribution in [0.2, 0.25) is 0 Å². The zero-order valence-corrected chi connectivity index (χ0v) is 13.5. The van der Waals surface area contributed by atoms with Crippen LogP contribution in [-0.4, -0.2) is 11.7 Å². The summed E-state index contributed by atoms with van der Waals surface area (Å²) in [6.45, 7) is 1.66. The van der Waals surface area contributed by atoms with Gasteiger partial charge in [-0.05, 0) is 47.9 Å². The summed E-state index contributed by atoms with van der Waals surface area (Å²) in [7, 11) is 0. The summed E-state index contributed by atoms with van der Waals surface area (Å²) < 4.78 is 13.6. The molecule has 0 heterocycles. The molecule has 25 heavy (non-hydrogen) atoms. The number of hydrogen-bond donors (Lipinski definition) is 1. The van der Waals surface area contributed by atoms with Crippen molar-refractivity contribution in [2.45, 2.75) is 6.92 Å². The zero-order valence-electron chi connectivity index (χ0n) is 13.5. The lowest BCUT2D eigenvalue weighted by molar-refractivity contribution is 0.102. The van der Waals surface area contributed by atoms with Crippen molar-refractivity contribution in [1.82, 2.24) is 0 Å². The van der Waals surface area contributed by atoms with Crippen LogP contribution in [0.1, 0.15) is 31.8 Å². The van der Waals surface area contributed by atoms with Gasteiger partial charge in [0.05, 0.1) is 0 Å². The molecule has 122 valence electrons. The summed E-state index contributed by atoms with van der Waals surface area (Å²) in [5, 5.41) is 2.66. The number of carbonyl (C=O) groups excluding carboxylic acids is 2. The molecule has 0 aliphatic heterocycles. The molecule has 3 aromatic carbocycles. The van der Waals surface area contributed by atoms with Gasteiger partial charge in [0.2, 0.25) is 0 Å². The number of rotatable bonds is 2. The largest absolute Gasteiger partial charge is 0.322 e. The first kappa shape index (κ1) is 15.3. The predicted molar refractivity (Wildman–Crippen MR) is 94.4 cm³/mol. The summed E-state index contributed by atoms with van der Waals surface area (Å²) in [6, 6.07) is 17.0. The third-order valence-corrected chi connectivity index (χ3v) is 4.42. The number of nitrogens with one attached hydrogen (secondary N) is 1. The van der Waals surface area contributed by atoms with Crippen molar-refractivity contribution >= 4 is 17.4 Å². The minimum absolute atomic E-state index is 0.0818. The van der Waals surface area contributed by atoms with Crippen LogP contribution in [0.3, 0.4) is 0 Å². The Balaban J connectivity index is 1.66. The minimum Gasteiger partial charge on any atom is -0.322 e. The van der Waals surface area contributed by atoms with Gasteiger partial charge in [-0.1, -0.05) is 36.4 Å². The van der Waals surface area contributed by atoms with Crippen LogP contribution < -0.4 is 5.32 Å². The van der Waals surface area contributed by atoms with Gasteiger partial charge >= 0.3 is 0 Å². The summed E-state index contributed by atoms with van der Waals surface area (Å²) in [4.78, 5) is 25.0.